The van der Waals surface area contributed by atoms with Crippen molar-refractivity contribution in [2.75, 3.05) is 0 Å². The number of carboxylic acids is 1. The fourth-order valence-corrected chi connectivity index (χ4v) is 3.57. The monoisotopic (exact) mass is 375 g/mol. The van der Waals surface area contributed by atoms with Gasteiger partial charge in [-0.15, -0.1) is 0 Å². The average Bonchev–Trinajstić information content (AvgIpc) is 3.14. The minimum absolute atomic E-state index is 0.0109. The molecular weight excluding hydrogens is 358 g/mol. The second kappa shape index (κ2) is 6.80. The summed E-state index contributed by atoms with van der Waals surface area (Å²) in [7, 11) is 0. The van der Waals surface area contributed by atoms with Crippen LogP contribution in [0.4, 0.5) is 5.95 Å². The minimum atomic E-state index is -0.992. The predicted molar refractivity (Wildman–Crippen MR) is 102 cm³/mol. The molecule has 0 amide bonds. The number of hydrogen-bond donors (Lipinski definition) is 1. The Labute approximate surface area is 160 Å². The number of tetrazole rings is 1. The number of benzene rings is 2. The van der Waals surface area contributed by atoms with Gasteiger partial charge in [0.05, 0.1) is 0 Å². The maximum absolute atomic E-state index is 12.0. The van der Waals surface area contributed by atoms with Gasteiger partial charge in [-0.25, -0.2) is 9.67 Å². The smallest absolute Gasteiger partial charge is 0.314 e. The predicted octanol–water partition coefficient (Wildman–Crippen LogP) is 2.94. The molecule has 0 bridgehead atoms. The molecule has 140 valence electrons. The van der Waals surface area contributed by atoms with Crippen molar-refractivity contribution in [3.8, 4) is 11.1 Å². The van der Waals surface area contributed by atoms with Crippen molar-refractivity contribution in [1.29, 1.82) is 0 Å². The fraction of sp³-hybridized carbons (Fsp3) is 0.200. The summed E-state index contributed by atoms with van der Waals surface area (Å²) in [4.78, 5) is 27.9. The number of Topliss-reactive ketones (excluding diaryl/α,β-unsaturated/α-hetero) is 1. The van der Waals surface area contributed by atoms with E-state index in [9.17, 15) is 14.7 Å². The van der Waals surface area contributed by atoms with Gasteiger partial charge in [0.15, 0.2) is 5.78 Å². The van der Waals surface area contributed by atoms with Gasteiger partial charge in [0.25, 0.3) is 5.95 Å². The minimum Gasteiger partial charge on any atom is -0.481 e. The van der Waals surface area contributed by atoms with Crippen LogP contribution in [0.15, 0.2) is 53.5 Å². The normalized spacial score (nSPS) is 18.3. The molecule has 0 spiro atoms. The molecule has 1 aromatic heterocycles. The zero-order chi connectivity index (χ0) is 19.8. The first kappa shape index (κ1) is 17.7. The molecule has 1 N–H and O–H groups in total. The Morgan fingerprint density at radius 1 is 1.07 bits per heavy atom. The van der Waals surface area contributed by atoms with Crippen LogP contribution in [0.2, 0.25) is 0 Å². The van der Waals surface area contributed by atoms with Gasteiger partial charge in [-0.2, -0.15) is 0 Å². The molecule has 2 heterocycles. The summed E-state index contributed by atoms with van der Waals surface area (Å²) >= 11 is 0. The van der Waals surface area contributed by atoms with E-state index < -0.39 is 17.9 Å². The van der Waals surface area contributed by atoms with Crippen LogP contribution >= 0.6 is 0 Å². The Hall–Kier alpha value is -3.68. The highest BCUT2D eigenvalue weighted by Crippen LogP contribution is 2.39. The molecule has 8 nitrogen and oxygen atoms in total. The van der Waals surface area contributed by atoms with Crippen molar-refractivity contribution in [1.82, 2.24) is 20.2 Å². The van der Waals surface area contributed by atoms with E-state index in [4.69, 9.17) is 0 Å². The molecule has 1 aliphatic rings. The quantitative estimate of drug-likeness (QED) is 0.702. The van der Waals surface area contributed by atoms with Gasteiger partial charge < -0.3 is 5.11 Å². The molecule has 2 aromatic carbocycles. The van der Waals surface area contributed by atoms with Crippen molar-refractivity contribution in [3.63, 3.8) is 0 Å². The van der Waals surface area contributed by atoms with Gasteiger partial charge in [0.1, 0.15) is 12.0 Å². The molecule has 0 saturated carbocycles. The van der Waals surface area contributed by atoms with E-state index in [1.54, 1.807) is 19.1 Å². The topological polar surface area (TPSA) is 110 Å². The molecule has 0 fully saturated rings. The molecule has 0 saturated heterocycles. The van der Waals surface area contributed by atoms with Crippen molar-refractivity contribution in [2.45, 2.75) is 19.9 Å². The van der Waals surface area contributed by atoms with Crippen LogP contribution in [-0.4, -0.2) is 42.8 Å². The van der Waals surface area contributed by atoms with E-state index in [0.29, 0.717) is 11.3 Å². The van der Waals surface area contributed by atoms with E-state index in [1.807, 2.05) is 36.4 Å². The molecule has 28 heavy (non-hydrogen) atoms. The number of rotatable bonds is 4. The van der Waals surface area contributed by atoms with Crippen molar-refractivity contribution < 1.29 is 14.7 Å². The SMILES string of the molecule is CC(=O)c1ccc(-c2ccccc2C2C(C(=O)O)C(C)=Nc3nnnn32)cc1. The van der Waals surface area contributed by atoms with E-state index >= 15 is 0 Å². The van der Waals surface area contributed by atoms with Gasteiger partial charge in [-0.1, -0.05) is 53.6 Å². The number of nitrogens with zero attached hydrogens (tertiary/aromatic N) is 5. The number of carbonyl (C=O) groups excluding carboxylic acids is 1. The molecule has 0 aliphatic carbocycles. The maximum Gasteiger partial charge on any atom is 0.314 e. The van der Waals surface area contributed by atoms with E-state index in [2.05, 4.69) is 20.5 Å². The van der Waals surface area contributed by atoms with E-state index in [1.165, 1.54) is 11.6 Å². The Morgan fingerprint density at radius 2 is 1.79 bits per heavy atom. The highest BCUT2D eigenvalue weighted by molar-refractivity contribution is 6.03. The molecule has 3 aromatic rings. The van der Waals surface area contributed by atoms with Crippen LogP contribution in [0, 0.1) is 5.92 Å². The summed E-state index contributed by atoms with van der Waals surface area (Å²) in [5.74, 6) is -1.62. The third kappa shape index (κ3) is 2.88. The average molecular weight is 375 g/mol. The van der Waals surface area contributed by atoms with Crippen LogP contribution in [-0.2, 0) is 4.79 Å². The van der Waals surface area contributed by atoms with Gasteiger partial charge in [-0.05, 0) is 41.0 Å². The Bertz CT molecular complexity index is 1100. The molecule has 8 heteroatoms. The molecular formula is C20H17N5O3. The standard InChI is InChI=1S/C20H17N5O3/c1-11-17(19(27)28)18(25-20(21-11)22-23-24-25)16-6-4-3-5-15(16)14-9-7-13(8-10-14)12(2)26/h3-10,17-18H,1-2H3,(H,27,28). The summed E-state index contributed by atoms with van der Waals surface area (Å²) in [6.07, 6.45) is 0. The van der Waals surface area contributed by atoms with Gasteiger partial charge in [-0.3, -0.25) is 9.59 Å². The number of carboxylic acid groups (broad SMARTS) is 1. The van der Waals surface area contributed by atoms with Crippen LogP contribution in [0.5, 0.6) is 0 Å². The lowest BCUT2D eigenvalue weighted by atomic mass is 9.84. The Morgan fingerprint density at radius 3 is 2.46 bits per heavy atom. The number of aromatic nitrogens is 4. The van der Waals surface area contributed by atoms with Crippen LogP contribution in [0.3, 0.4) is 0 Å². The molecule has 4 rings (SSSR count). The van der Waals surface area contributed by atoms with Crippen LogP contribution in [0.25, 0.3) is 11.1 Å². The number of carbonyl (C=O) groups is 2. The summed E-state index contributed by atoms with van der Waals surface area (Å²) in [5, 5.41) is 21.4. The number of hydrogen-bond acceptors (Lipinski definition) is 6. The van der Waals surface area contributed by atoms with Gasteiger partial charge >= 0.3 is 5.97 Å². The lowest BCUT2D eigenvalue weighted by molar-refractivity contribution is -0.140. The van der Waals surface area contributed by atoms with Crippen LogP contribution < -0.4 is 0 Å². The highest BCUT2D eigenvalue weighted by atomic mass is 16.4. The molecule has 0 radical (unpaired) electrons. The number of aliphatic imine (C=N–C) groups is 1. The number of ketones is 1. The van der Waals surface area contributed by atoms with Gasteiger partial charge in [0.2, 0.25) is 0 Å². The first-order valence-corrected chi connectivity index (χ1v) is 8.73. The first-order chi connectivity index (χ1) is 13.5. The van der Waals surface area contributed by atoms with E-state index in [-0.39, 0.29) is 11.7 Å². The third-order valence-corrected chi connectivity index (χ3v) is 4.93. The lowest BCUT2D eigenvalue weighted by Gasteiger charge is -2.29. The van der Waals surface area contributed by atoms with Gasteiger partial charge in [0, 0.05) is 11.3 Å². The lowest BCUT2D eigenvalue weighted by Crippen LogP contribution is -2.36. The summed E-state index contributed by atoms with van der Waals surface area (Å²) in [5.41, 5.74) is 3.56. The molecule has 2 unspecified atom stereocenters. The zero-order valence-corrected chi connectivity index (χ0v) is 15.3. The van der Waals surface area contributed by atoms with E-state index in [0.717, 1.165) is 16.7 Å². The largest absolute Gasteiger partial charge is 0.481 e. The van der Waals surface area contributed by atoms with Crippen LogP contribution in [0.1, 0.15) is 35.8 Å². The van der Waals surface area contributed by atoms with Crippen molar-refractivity contribution >= 4 is 23.4 Å². The molecule has 2 atom stereocenters. The second-order valence-corrected chi connectivity index (χ2v) is 6.66. The number of aliphatic carboxylic acids is 1. The third-order valence-electron chi connectivity index (χ3n) is 4.93. The second-order valence-electron chi connectivity index (χ2n) is 6.66. The zero-order valence-electron chi connectivity index (χ0n) is 15.3. The van der Waals surface area contributed by atoms with Crippen molar-refractivity contribution in [2.24, 2.45) is 10.9 Å². The fourth-order valence-electron chi connectivity index (χ4n) is 3.57. The summed E-state index contributed by atoms with van der Waals surface area (Å²) in [6, 6.07) is 14.1. The van der Waals surface area contributed by atoms with Crippen molar-refractivity contribution in [3.05, 3.63) is 59.7 Å². The number of fused-ring (bicyclic) bond motifs is 1. The first-order valence-electron chi connectivity index (χ1n) is 8.73. The maximum atomic E-state index is 12.0. The molecule has 1 aliphatic heterocycles. The Balaban J connectivity index is 1.89. The highest BCUT2D eigenvalue weighted by Gasteiger charge is 2.40. The summed E-state index contributed by atoms with van der Waals surface area (Å²) in [6.45, 7) is 3.19. The summed E-state index contributed by atoms with van der Waals surface area (Å²) < 4.78 is 1.45. The Kier molecular flexibility index (Phi) is 4.31.